The Bertz CT molecular complexity index is 846. The van der Waals surface area contributed by atoms with Crippen molar-refractivity contribution >= 4 is 39.9 Å². The second-order valence-corrected chi connectivity index (χ2v) is 9.15. The molecule has 2 unspecified atom stereocenters. The van der Waals surface area contributed by atoms with Gasteiger partial charge in [-0.1, -0.05) is 11.6 Å². The maximum Gasteiger partial charge on any atom is 0.246 e. The molecule has 0 bridgehead atoms. The second kappa shape index (κ2) is 8.53. The number of fused-ring (bicyclic) bond motifs is 1. The highest BCUT2D eigenvalue weighted by Crippen LogP contribution is 2.24. The fourth-order valence-corrected chi connectivity index (χ4v) is 5.32. The number of thiazole rings is 1. The molecule has 0 radical (unpaired) electrons. The summed E-state index contributed by atoms with van der Waals surface area (Å²) in [5, 5.41) is 2.39. The third kappa shape index (κ3) is 4.43. The predicted octanol–water partition coefficient (Wildman–Crippen LogP) is 3.41. The molecule has 0 aromatic carbocycles. The number of hydrogen-bond donors (Lipinski definition) is 0. The van der Waals surface area contributed by atoms with E-state index in [0.717, 1.165) is 56.2 Å². The molecule has 28 heavy (non-hydrogen) atoms. The Morgan fingerprint density at radius 2 is 2.04 bits per heavy atom. The molecule has 2 fully saturated rings. The van der Waals surface area contributed by atoms with E-state index in [-0.39, 0.29) is 5.91 Å². The average Bonchev–Trinajstić information content (AvgIpc) is 3.20. The highest BCUT2D eigenvalue weighted by Gasteiger charge is 2.27. The zero-order chi connectivity index (χ0) is 19.7. The number of carbonyl (C=O) groups excluding carboxylic acids is 1. The van der Waals surface area contributed by atoms with Gasteiger partial charge in [-0.25, -0.2) is 4.98 Å². The van der Waals surface area contributed by atoms with Crippen LogP contribution in [0.4, 0.5) is 0 Å². The smallest absolute Gasteiger partial charge is 0.246 e. The average molecular weight is 423 g/mol. The van der Waals surface area contributed by atoms with Crippen molar-refractivity contribution in [2.75, 3.05) is 32.7 Å². The van der Waals surface area contributed by atoms with Gasteiger partial charge in [0.15, 0.2) is 10.1 Å². The van der Waals surface area contributed by atoms with Gasteiger partial charge in [-0.05, 0) is 38.7 Å². The molecule has 1 amide bonds. The van der Waals surface area contributed by atoms with Crippen molar-refractivity contribution in [2.24, 2.45) is 5.92 Å². The number of likely N-dealkylation sites (tertiary alicyclic amines) is 1. The lowest BCUT2D eigenvalue weighted by atomic mass is 9.95. The van der Waals surface area contributed by atoms with Gasteiger partial charge < -0.3 is 9.64 Å². The molecule has 0 spiro atoms. The summed E-state index contributed by atoms with van der Waals surface area (Å²) in [6.07, 6.45) is 8.05. The summed E-state index contributed by atoms with van der Waals surface area (Å²) in [6, 6.07) is 0. The van der Waals surface area contributed by atoms with Crippen LogP contribution in [-0.2, 0) is 9.53 Å². The summed E-state index contributed by atoms with van der Waals surface area (Å²) in [7, 11) is 0. The number of rotatable bonds is 4. The van der Waals surface area contributed by atoms with Crippen molar-refractivity contribution in [3.8, 4) is 0 Å². The van der Waals surface area contributed by atoms with E-state index in [4.69, 9.17) is 16.3 Å². The van der Waals surface area contributed by atoms with Crippen LogP contribution in [0.25, 0.3) is 11.0 Å². The monoisotopic (exact) mass is 422 g/mol. The Balaban J connectivity index is 1.29. The van der Waals surface area contributed by atoms with E-state index in [0.29, 0.717) is 23.3 Å². The van der Waals surface area contributed by atoms with Crippen molar-refractivity contribution in [3.05, 3.63) is 28.5 Å². The fraction of sp³-hybridized carbons (Fsp3) is 0.600. The zero-order valence-electron chi connectivity index (χ0n) is 16.4. The molecule has 4 heterocycles. The molecule has 2 aromatic rings. The Hall–Kier alpha value is -1.41. The van der Waals surface area contributed by atoms with Gasteiger partial charge in [-0.2, -0.15) is 0 Å². The maximum atomic E-state index is 12.6. The quantitative estimate of drug-likeness (QED) is 0.708. The van der Waals surface area contributed by atoms with Crippen molar-refractivity contribution in [1.29, 1.82) is 0 Å². The number of carbonyl (C=O) groups is 1. The highest BCUT2D eigenvalue weighted by atomic mass is 35.5. The minimum absolute atomic E-state index is 0.0494. The van der Waals surface area contributed by atoms with Gasteiger partial charge in [0.1, 0.15) is 0 Å². The molecule has 0 N–H and O–H groups in total. The van der Waals surface area contributed by atoms with E-state index in [2.05, 4.69) is 23.7 Å². The number of halogens is 1. The van der Waals surface area contributed by atoms with E-state index >= 15 is 0 Å². The Morgan fingerprint density at radius 3 is 2.75 bits per heavy atom. The molecule has 6 nitrogen and oxygen atoms in total. The SMILES string of the molecule is CC1CN(CC2CCN(C(=O)/C=C/c3c(Cl)nc4sccn34)CC2)CC(C)O1. The molecule has 0 saturated carbocycles. The first-order valence-electron chi connectivity index (χ1n) is 9.95. The number of hydrogen-bond acceptors (Lipinski definition) is 5. The van der Waals surface area contributed by atoms with E-state index in [9.17, 15) is 4.79 Å². The van der Waals surface area contributed by atoms with Crippen LogP contribution in [0.2, 0.25) is 5.15 Å². The van der Waals surface area contributed by atoms with Crippen molar-refractivity contribution in [3.63, 3.8) is 0 Å². The van der Waals surface area contributed by atoms with Crippen molar-refractivity contribution in [1.82, 2.24) is 19.2 Å². The zero-order valence-corrected chi connectivity index (χ0v) is 18.0. The van der Waals surface area contributed by atoms with Crippen LogP contribution in [0.1, 0.15) is 32.4 Å². The van der Waals surface area contributed by atoms with E-state index in [1.54, 1.807) is 12.2 Å². The topological polar surface area (TPSA) is 50.1 Å². The van der Waals surface area contributed by atoms with Gasteiger partial charge >= 0.3 is 0 Å². The van der Waals surface area contributed by atoms with Crippen LogP contribution >= 0.6 is 22.9 Å². The summed E-state index contributed by atoms with van der Waals surface area (Å²) < 4.78 is 7.73. The van der Waals surface area contributed by atoms with Crippen LogP contribution in [0.15, 0.2) is 17.7 Å². The molecule has 0 aliphatic carbocycles. The third-order valence-corrected chi connectivity index (χ3v) is 6.61. The molecular formula is C20H27ClN4O2S. The summed E-state index contributed by atoms with van der Waals surface area (Å²) in [6.45, 7) is 9.05. The first-order valence-corrected chi connectivity index (χ1v) is 11.2. The molecule has 8 heteroatoms. The lowest BCUT2D eigenvalue weighted by molar-refractivity contribution is -0.127. The number of imidazole rings is 1. The number of aromatic nitrogens is 2. The molecule has 2 atom stereocenters. The summed E-state index contributed by atoms with van der Waals surface area (Å²) in [4.78, 5) is 22.2. The number of ether oxygens (including phenoxy) is 1. The number of morpholine rings is 1. The molecule has 4 rings (SSSR count). The normalized spacial score (nSPS) is 25.2. The van der Waals surface area contributed by atoms with Crippen LogP contribution in [0, 0.1) is 5.92 Å². The molecule has 2 aliphatic rings. The molecule has 2 aromatic heterocycles. The Morgan fingerprint density at radius 1 is 1.32 bits per heavy atom. The number of amides is 1. The van der Waals surface area contributed by atoms with E-state index in [1.807, 2.05) is 20.9 Å². The first-order chi connectivity index (χ1) is 13.5. The van der Waals surface area contributed by atoms with Crippen LogP contribution in [0.3, 0.4) is 0 Å². The Labute approximate surface area is 174 Å². The van der Waals surface area contributed by atoms with Gasteiger partial charge in [-0.3, -0.25) is 14.1 Å². The van der Waals surface area contributed by atoms with Gasteiger partial charge in [0.05, 0.1) is 17.9 Å². The van der Waals surface area contributed by atoms with Crippen LogP contribution in [0.5, 0.6) is 0 Å². The van der Waals surface area contributed by atoms with Crippen LogP contribution in [-0.4, -0.2) is 70.0 Å². The standard InChI is InChI=1S/C20H27ClN4O2S/c1-14-11-23(12-15(2)27-14)13-16-5-7-24(8-6-16)18(26)4-3-17-19(21)22-20-25(17)9-10-28-20/h3-4,9-10,14-16H,5-8,11-13H2,1-2H3/b4-3+. The summed E-state index contributed by atoms with van der Waals surface area (Å²) >= 11 is 7.72. The molecule has 2 saturated heterocycles. The second-order valence-electron chi connectivity index (χ2n) is 7.92. The summed E-state index contributed by atoms with van der Waals surface area (Å²) in [5.41, 5.74) is 0.761. The van der Waals surface area contributed by atoms with Crippen LogP contribution < -0.4 is 0 Å². The molecule has 152 valence electrons. The first kappa shape index (κ1) is 19.9. The lowest BCUT2D eigenvalue weighted by Gasteiger charge is -2.39. The fourth-order valence-electron chi connectivity index (χ4n) is 4.32. The maximum absolute atomic E-state index is 12.6. The highest BCUT2D eigenvalue weighted by molar-refractivity contribution is 7.15. The van der Waals surface area contributed by atoms with Gasteiger partial charge in [-0.15, -0.1) is 11.3 Å². The molecule has 2 aliphatic heterocycles. The largest absolute Gasteiger partial charge is 0.373 e. The summed E-state index contributed by atoms with van der Waals surface area (Å²) in [5.74, 6) is 0.702. The molecular weight excluding hydrogens is 396 g/mol. The van der Waals surface area contributed by atoms with Gasteiger partial charge in [0, 0.05) is 50.4 Å². The third-order valence-electron chi connectivity index (χ3n) is 5.58. The predicted molar refractivity (Wildman–Crippen MR) is 113 cm³/mol. The number of nitrogens with zero attached hydrogens (tertiary/aromatic N) is 4. The minimum Gasteiger partial charge on any atom is -0.373 e. The van der Waals surface area contributed by atoms with E-state index in [1.165, 1.54) is 11.3 Å². The van der Waals surface area contributed by atoms with Crippen molar-refractivity contribution in [2.45, 2.75) is 38.9 Å². The van der Waals surface area contributed by atoms with Gasteiger partial charge in [0.2, 0.25) is 5.91 Å². The van der Waals surface area contributed by atoms with E-state index < -0.39 is 0 Å². The minimum atomic E-state index is 0.0494. The van der Waals surface area contributed by atoms with Gasteiger partial charge in [0.25, 0.3) is 0 Å². The lowest BCUT2D eigenvalue weighted by Crippen LogP contribution is -2.48. The number of piperidine rings is 1. The van der Waals surface area contributed by atoms with Crippen molar-refractivity contribution < 1.29 is 9.53 Å². The Kier molecular flexibility index (Phi) is 6.06.